The fourth-order valence-corrected chi connectivity index (χ4v) is 5.80. The molecule has 0 amide bonds. The molecule has 0 atom stereocenters. The number of hydrogen-bond donors (Lipinski definition) is 0. The Kier molecular flexibility index (Phi) is 5.76. The molecule has 164 valence electrons. The molecule has 0 aliphatic carbocycles. The van der Waals surface area contributed by atoms with Gasteiger partial charge in [-0.05, 0) is 20.8 Å². The van der Waals surface area contributed by atoms with Crippen molar-refractivity contribution in [2.45, 2.75) is 32.2 Å². The van der Waals surface area contributed by atoms with Crippen molar-refractivity contribution in [2.24, 2.45) is 0 Å². The van der Waals surface area contributed by atoms with Gasteiger partial charge in [-0.2, -0.15) is 9.40 Å². The lowest BCUT2D eigenvalue weighted by Gasteiger charge is -2.34. The van der Waals surface area contributed by atoms with Gasteiger partial charge in [0, 0.05) is 38.3 Å². The number of benzene rings is 1. The molecule has 31 heavy (non-hydrogen) atoms. The summed E-state index contributed by atoms with van der Waals surface area (Å²) in [5, 5.41) is 4.34. The molecule has 0 radical (unpaired) electrons. The summed E-state index contributed by atoms with van der Waals surface area (Å²) in [6, 6.07) is 9.09. The molecular weight excluding hydrogens is 419 g/mol. The van der Waals surface area contributed by atoms with Gasteiger partial charge in [0.15, 0.2) is 11.6 Å². The summed E-state index contributed by atoms with van der Waals surface area (Å²) in [5.74, 6) is -0.307. The van der Waals surface area contributed by atoms with Crippen LogP contribution in [-0.4, -0.2) is 58.7 Å². The molecule has 1 aliphatic heterocycles. The van der Waals surface area contributed by atoms with E-state index in [0.29, 0.717) is 36.6 Å². The van der Waals surface area contributed by atoms with E-state index in [1.807, 2.05) is 25.1 Å². The summed E-state index contributed by atoms with van der Waals surface area (Å²) in [7, 11) is -3.68. The lowest BCUT2D eigenvalue weighted by atomic mass is 10.1. The van der Waals surface area contributed by atoms with Gasteiger partial charge in [0.05, 0.1) is 11.4 Å². The molecule has 8 nitrogen and oxygen atoms in total. The second-order valence-corrected chi connectivity index (χ2v) is 9.31. The van der Waals surface area contributed by atoms with Crippen molar-refractivity contribution in [3.63, 3.8) is 0 Å². The van der Waals surface area contributed by atoms with E-state index in [4.69, 9.17) is 0 Å². The van der Waals surface area contributed by atoms with Gasteiger partial charge in [0.25, 0.3) is 0 Å². The highest BCUT2D eigenvalue weighted by molar-refractivity contribution is 7.89. The molecule has 0 N–H and O–H groups in total. The van der Waals surface area contributed by atoms with E-state index in [0.717, 1.165) is 0 Å². The lowest BCUT2D eigenvalue weighted by Crippen LogP contribution is -2.49. The maximum absolute atomic E-state index is 15.2. The van der Waals surface area contributed by atoms with Gasteiger partial charge >= 0.3 is 0 Å². The van der Waals surface area contributed by atoms with Crippen LogP contribution in [0.2, 0.25) is 0 Å². The molecule has 10 heteroatoms. The van der Waals surface area contributed by atoms with Crippen LogP contribution in [0.4, 0.5) is 10.2 Å². The van der Waals surface area contributed by atoms with E-state index in [1.54, 1.807) is 35.6 Å². The highest BCUT2D eigenvalue weighted by Gasteiger charge is 2.34. The van der Waals surface area contributed by atoms with Crippen molar-refractivity contribution in [2.75, 3.05) is 31.1 Å². The van der Waals surface area contributed by atoms with Crippen molar-refractivity contribution in [1.82, 2.24) is 24.1 Å². The van der Waals surface area contributed by atoms with Crippen LogP contribution in [-0.2, 0) is 16.6 Å². The van der Waals surface area contributed by atoms with Crippen LogP contribution in [0.5, 0.6) is 0 Å². The highest BCUT2D eigenvalue weighted by atomic mass is 32.2. The average Bonchev–Trinajstić information content (AvgIpc) is 3.08. The molecule has 0 bridgehead atoms. The standard InChI is InChI=1S/C21H25FN6O2S/c1-4-28-16(3)20(15(2)25-28)31(29,30)27-12-10-26(11-13-27)21-18(22)19(23-14-24-21)17-8-6-5-7-9-17/h5-9,14H,4,10-13H2,1-3H3. The Morgan fingerprint density at radius 1 is 1.03 bits per heavy atom. The fourth-order valence-electron chi connectivity index (χ4n) is 4.01. The maximum atomic E-state index is 15.2. The monoisotopic (exact) mass is 444 g/mol. The summed E-state index contributed by atoms with van der Waals surface area (Å²) in [5.41, 5.74) is 2.04. The second kappa shape index (κ2) is 8.35. The molecule has 1 aromatic carbocycles. The zero-order valence-electron chi connectivity index (χ0n) is 17.8. The molecule has 4 rings (SSSR count). The summed E-state index contributed by atoms with van der Waals surface area (Å²) < 4.78 is 44.8. The van der Waals surface area contributed by atoms with Crippen LogP contribution in [0, 0.1) is 19.7 Å². The van der Waals surface area contributed by atoms with Crippen molar-refractivity contribution < 1.29 is 12.8 Å². The van der Waals surface area contributed by atoms with E-state index < -0.39 is 15.8 Å². The number of hydrogen-bond acceptors (Lipinski definition) is 6. The van der Waals surface area contributed by atoms with Crippen molar-refractivity contribution in [1.29, 1.82) is 0 Å². The van der Waals surface area contributed by atoms with E-state index in [9.17, 15) is 8.42 Å². The molecule has 1 fully saturated rings. The number of aromatic nitrogens is 4. The number of anilines is 1. The quantitative estimate of drug-likeness (QED) is 0.602. The van der Waals surface area contributed by atoms with Gasteiger partial charge < -0.3 is 4.90 Å². The Hall–Kier alpha value is -2.85. The van der Waals surface area contributed by atoms with Crippen molar-refractivity contribution >= 4 is 15.8 Å². The molecule has 1 saturated heterocycles. The van der Waals surface area contributed by atoms with Crippen LogP contribution in [0.15, 0.2) is 41.6 Å². The number of halogens is 1. The topological polar surface area (TPSA) is 84.2 Å². The van der Waals surface area contributed by atoms with Crippen LogP contribution >= 0.6 is 0 Å². The molecule has 0 spiro atoms. The van der Waals surface area contributed by atoms with Gasteiger partial charge in [-0.3, -0.25) is 4.68 Å². The van der Waals surface area contributed by atoms with Crippen LogP contribution in [0.3, 0.4) is 0 Å². The molecule has 0 unspecified atom stereocenters. The van der Waals surface area contributed by atoms with E-state index in [2.05, 4.69) is 15.1 Å². The highest BCUT2D eigenvalue weighted by Crippen LogP contribution is 2.28. The van der Waals surface area contributed by atoms with Crippen LogP contribution in [0.25, 0.3) is 11.3 Å². The number of sulfonamides is 1. The Morgan fingerprint density at radius 3 is 2.32 bits per heavy atom. The van der Waals surface area contributed by atoms with Crippen LogP contribution < -0.4 is 4.90 Å². The Labute approximate surface area is 181 Å². The average molecular weight is 445 g/mol. The first kappa shape index (κ1) is 21.4. The molecule has 2 aromatic heterocycles. The first-order valence-corrected chi connectivity index (χ1v) is 11.6. The minimum atomic E-state index is -3.68. The first-order valence-electron chi connectivity index (χ1n) is 10.2. The normalized spacial score (nSPS) is 15.4. The summed E-state index contributed by atoms with van der Waals surface area (Å²) in [4.78, 5) is 10.3. The smallest absolute Gasteiger partial charge is 0.246 e. The SMILES string of the molecule is CCn1nc(C)c(S(=O)(=O)N2CCN(c3ncnc(-c4ccccc4)c3F)CC2)c1C. The van der Waals surface area contributed by atoms with Crippen molar-refractivity contribution in [3.8, 4) is 11.3 Å². The predicted octanol–water partition coefficient (Wildman–Crippen LogP) is 2.63. The zero-order valence-corrected chi connectivity index (χ0v) is 18.6. The zero-order chi connectivity index (χ0) is 22.2. The van der Waals surface area contributed by atoms with E-state index >= 15 is 4.39 Å². The number of nitrogens with zero attached hydrogens (tertiary/aromatic N) is 6. The van der Waals surface area contributed by atoms with Gasteiger partial charge in [-0.1, -0.05) is 30.3 Å². The largest absolute Gasteiger partial charge is 0.351 e. The first-order chi connectivity index (χ1) is 14.8. The Balaban J connectivity index is 1.55. The summed E-state index contributed by atoms with van der Waals surface area (Å²) >= 11 is 0. The van der Waals surface area contributed by atoms with Crippen molar-refractivity contribution in [3.05, 3.63) is 53.9 Å². The minimum Gasteiger partial charge on any atom is -0.351 e. The Morgan fingerprint density at radius 2 is 1.71 bits per heavy atom. The van der Waals surface area contributed by atoms with Gasteiger partial charge in [0.2, 0.25) is 10.0 Å². The molecule has 1 aliphatic rings. The third-order valence-corrected chi connectivity index (χ3v) is 7.72. The third kappa shape index (κ3) is 3.81. The second-order valence-electron chi connectivity index (χ2n) is 7.43. The van der Waals surface area contributed by atoms with Gasteiger partial charge in [-0.25, -0.2) is 22.8 Å². The minimum absolute atomic E-state index is 0.192. The molecular formula is C21H25FN6O2S. The number of aryl methyl sites for hydroxylation is 2. The molecule has 3 aromatic rings. The number of piperazine rings is 1. The van der Waals surface area contributed by atoms with Crippen LogP contribution in [0.1, 0.15) is 18.3 Å². The predicted molar refractivity (Wildman–Crippen MR) is 116 cm³/mol. The summed E-state index contributed by atoms with van der Waals surface area (Å²) in [6.45, 7) is 7.16. The third-order valence-electron chi connectivity index (χ3n) is 5.57. The number of rotatable bonds is 5. The van der Waals surface area contributed by atoms with Gasteiger partial charge in [-0.15, -0.1) is 0 Å². The molecule has 3 heterocycles. The maximum Gasteiger partial charge on any atom is 0.246 e. The van der Waals surface area contributed by atoms with E-state index in [-0.39, 0.29) is 29.5 Å². The van der Waals surface area contributed by atoms with Gasteiger partial charge in [0.1, 0.15) is 16.9 Å². The lowest BCUT2D eigenvalue weighted by molar-refractivity contribution is 0.381. The molecule has 0 saturated carbocycles. The Bertz CT molecular complexity index is 1190. The van der Waals surface area contributed by atoms with E-state index in [1.165, 1.54) is 10.6 Å². The fraction of sp³-hybridized carbons (Fsp3) is 0.381. The summed E-state index contributed by atoms with van der Waals surface area (Å²) in [6.07, 6.45) is 1.34.